The Morgan fingerprint density at radius 2 is 2.06 bits per heavy atom. The molecule has 0 atom stereocenters. The number of imide groups is 1. The van der Waals surface area contributed by atoms with Crippen molar-refractivity contribution in [2.75, 3.05) is 13.6 Å². The second-order valence-electron chi connectivity index (χ2n) is 4.95. The molecule has 2 fully saturated rings. The van der Waals surface area contributed by atoms with Crippen LogP contribution < -0.4 is 10.6 Å². The van der Waals surface area contributed by atoms with Crippen molar-refractivity contribution < 1.29 is 14.4 Å². The molecule has 1 spiro atoms. The Labute approximate surface area is 106 Å². The highest BCUT2D eigenvalue weighted by Gasteiger charge is 2.51. The van der Waals surface area contributed by atoms with Gasteiger partial charge < -0.3 is 10.6 Å². The summed E-state index contributed by atoms with van der Waals surface area (Å²) in [4.78, 5) is 36.4. The summed E-state index contributed by atoms with van der Waals surface area (Å²) in [5, 5.41) is 5.34. The fourth-order valence-electron chi connectivity index (χ4n) is 2.72. The summed E-state index contributed by atoms with van der Waals surface area (Å²) >= 11 is 0. The Balaban J connectivity index is 1.91. The monoisotopic (exact) mass is 253 g/mol. The fourth-order valence-corrected chi connectivity index (χ4v) is 2.72. The highest BCUT2D eigenvalue weighted by Crippen LogP contribution is 2.34. The molecule has 1 aliphatic carbocycles. The molecule has 1 saturated heterocycles. The largest absolute Gasteiger partial charge is 0.359 e. The minimum atomic E-state index is -0.635. The van der Waals surface area contributed by atoms with E-state index in [1.165, 1.54) is 4.90 Å². The topological polar surface area (TPSA) is 78.5 Å². The van der Waals surface area contributed by atoms with E-state index in [-0.39, 0.29) is 17.8 Å². The normalized spacial score (nSPS) is 21.5. The van der Waals surface area contributed by atoms with Crippen LogP contribution in [0.25, 0.3) is 0 Å². The van der Waals surface area contributed by atoms with Crippen LogP contribution in [0.2, 0.25) is 0 Å². The van der Waals surface area contributed by atoms with Gasteiger partial charge in [-0.1, -0.05) is 12.8 Å². The summed E-state index contributed by atoms with van der Waals surface area (Å²) in [6.45, 7) is 0.319. The lowest BCUT2D eigenvalue weighted by Gasteiger charge is -2.19. The molecule has 0 aromatic heterocycles. The van der Waals surface area contributed by atoms with Gasteiger partial charge in [-0.15, -0.1) is 0 Å². The van der Waals surface area contributed by atoms with Crippen LogP contribution in [0.3, 0.4) is 0 Å². The van der Waals surface area contributed by atoms with Crippen molar-refractivity contribution in [1.82, 2.24) is 15.5 Å². The lowest BCUT2D eigenvalue weighted by atomic mass is 9.98. The number of nitrogens with one attached hydrogen (secondary N) is 2. The van der Waals surface area contributed by atoms with Gasteiger partial charge in [-0.2, -0.15) is 0 Å². The number of carbonyl (C=O) groups is 3. The first-order valence-electron chi connectivity index (χ1n) is 6.44. The minimum Gasteiger partial charge on any atom is -0.359 e. The van der Waals surface area contributed by atoms with Crippen molar-refractivity contribution in [1.29, 1.82) is 0 Å². The van der Waals surface area contributed by atoms with Crippen molar-refractivity contribution in [3.05, 3.63) is 0 Å². The second-order valence-corrected chi connectivity index (χ2v) is 4.95. The lowest BCUT2D eigenvalue weighted by molar-refractivity contribution is -0.131. The van der Waals surface area contributed by atoms with Crippen LogP contribution in [0.1, 0.15) is 38.5 Å². The lowest BCUT2D eigenvalue weighted by Crippen LogP contribution is -2.44. The predicted molar refractivity (Wildman–Crippen MR) is 64.7 cm³/mol. The molecule has 2 N–H and O–H groups in total. The molecular weight excluding hydrogens is 234 g/mol. The average Bonchev–Trinajstić information content (AvgIpc) is 2.90. The van der Waals surface area contributed by atoms with Crippen LogP contribution >= 0.6 is 0 Å². The standard InChI is InChI=1S/C12H19N3O3/c1-13-9(16)5-4-8-15-10(17)12(14-11(15)18)6-2-3-7-12/h2-8H2,1H3,(H,13,16)(H,14,18). The van der Waals surface area contributed by atoms with Gasteiger partial charge in [0.25, 0.3) is 5.91 Å². The molecule has 100 valence electrons. The maximum atomic E-state index is 12.2. The van der Waals surface area contributed by atoms with Crippen LogP contribution in [-0.2, 0) is 9.59 Å². The van der Waals surface area contributed by atoms with Gasteiger partial charge in [0.15, 0.2) is 0 Å². The van der Waals surface area contributed by atoms with Gasteiger partial charge in [-0.05, 0) is 19.3 Å². The Morgan fingerprint density at radius 1 is 1.39 bits per heavy atom. The number of nitrogens with zero attached hydrogens (tertiary/aromatic N) is 1. The number of rotatable bonds is 4. The van der Waals surface area contributed by atoms with E-state index >= 15 is 0 Å². The van der Waals surface area contributed by atoms with Crippen LogP contribution in [-0.4, -0.2) is 41.9 Å². The Bertz CT molecular complexity index is 375. The Hall–Kier alpha value is -1.59. The molecule has 18 heavy (non-hydrogen) atoms. The highest BCUT2D eigenvalue weighted by atomic mass is 16.2. The van der Waals surface area contributed by atoms with Gasteiger partial charge in [-0.25, -0.2) is 4.79 Å². The summed E-state index contributed by atoms with van der Waals surface area (Å²) in [7, 11) is 1.57. The summed E-state index contributed by atoms with van der Waals surface area (Å²) < 4.78 is 0. The average molecular weight is 253 g/mol. The van der Waals surface area contributed by atoms with Crippen LogP contribution in [0, 0.1) is 0 Å². The van der Waals surface area contributed by atoms with E-state index in [0.717, 1.165) is 25.7 Å². The number of urea groups is 1. The maximum Gasteiger partial charge on any atom is 0.325 e. The van der Waals surface area contributed by atoms with Gasteiger partial charge >= 0.3 is 6.03 Å². The van der Waals surface area contributed by atoms with E-state index in [2.05, 4.69) is 10.6 Å². The molecule has 6 nitrogen and oxygen atoms in total. The number of hydrogen-bond donors (Lipinski definition) is 2. The van der Waals surface area contributed by atoms with Gasteiger partial charge in [0.05, 0.1) is 0 Å². The van der Waals surface area contributed by atoms with Gasteiger partial charge in [0.2, 0.25) is 5.91 Å². The smallest absolute Gasteiger partial charge is 0.325 e. The zero-order chi connectivity index (χ0) is 13.2. The van der Waals surface area contributed by atoms with Gasteiger partial charge in [-0.3, -0.25) is 14.5 Å². The summed E-state index contributed by atoms with van der Waals surface area (Å²) in [6.07, 6.45) is 4.29. The minimum absolute atomic E-state index is 0.0716. The summed E-state index contributed by atoms with van der Waals surface area (Å²) in [5.41, 5.74) is -0.635. The van der Waals surface area contributed by atoms with Gasteiger partial charge in [0.1, 0.15) is 5.54 Å². The molecule has 2 aliphatic rings. The zero-order valence-electron chi connectivity index (χ0n) is 10.6. The molecule has 0 aromatic carbocycles. The number of carbonyl (C=O) groups excluding carboxylic acids is 3. The summed E-state index contributed by atoms with van der Waals surface area (Å²) in [5.74, 6) is -0.181. The third kappa shape index (κ3) is 2.19. The molecule has 2 rings (SSSR count). The first kappa shape index (κ1) is 12.9. The number of hydrogen-bond acceptors (Lipinski definition) is 3. The van der Waals surface area contributed by atoms with E-state index < -0.39 is 5.54 Å². The van der Waals surface area contributed by atoms with Crippen LogP contribution in [0.4, 0.5) is 4.79 Å². The van der Waals surface area contributed by atoms with Crippen molar-refractivity contribution in [3.63, 3.8) is 0 Å². The summed E-state index contributed by atoms with van der Waals surface area (Å²) in [6, 6.07) is -0.307. The molecule has 1 aliphatic heterocycles. The van der Waals surface area contributed by atoms with E-state index in [4.69, 9.17) is 0 Å². The van der Waals surface area contributed by atoms with Crippen molar-refractivity contribution >= 4 is 17.8 Å². The van der Waals surface area contributed by atoms with E-state index in [1.54, 1.807) is 7.05 Å². The molecule has 4 amide bonds. The van der Waals surface area contributed by atoms with Gasteiger partial charge in [0, 0.05) is 20.0 Å². The molecule has 1 saturated carbocycles. The third-order valence-corrected chi connectivity index (χ3v) is 3.77. The molecule has 1 heterocycles. The fraction of sp³-hybridized carbons (Fsp3) is 0.750. The predicted octanol–water partition coefficient (Wildman–Crippen LogP) is 0.377. The molecule has 6 heteroatoms. The van der Waals surface area contributed by atoms with Crippen molar-refractivity contribution in [2.24, 2.45) is 0 Å². The Kier molecular flexibility index (Phi) is 3.54. The van der Waals surface area contributed by atoms with Crippen molar-refractivity contribution in [2.45, 2.75) is 44.1 Å². The van der Waals surface area contributed by atoms with E-state index in [9.17, 15) is 14.4 Å². The molecular formula is C12H19N3O3. The van der Waals surface area contributed by atoms with E-state index in [1.807, 2.05) is 0 Å². The molecule has 0 unspecified atom stereocenters. The number of amides is 4. The molecule has 0 radical (unpaired) electrons. The first-order valence-corrected chi connectivity index (χ1v) is 6.44. The van der Waals surface area contributed by atoms with Crippen LogP contribution in [0.15, 0.2) is 0 Å². The zero-order valence-corrected chi connectivity index (χ0v) is 10.6. The SMILES string of the molecule is CNC(=O)CCCN1C(=O)NC2(CCCC2)C1=O. The molecule has 0 aromatic rings. The highest BCUT2D eigenvalue weighted by molar-refractivity contribution is 6.07. The van der Waals surface area contributed by atoms with Crippen molar-refractivity contribution in [3.8, 4) is 0 Å². The molecule has 0 bridgehead atoms. The third-order valence-electron chi connectivity index (χ3n) is 3.77. The maximum absolute atomic E-state index is 12.2. The quantitative estimate of drug-likeness (QED) is 0.711. The second kappa shape index (κ2) is 4.96. The van der Waals surface area contributed by atoms with E-state index in [0.29, 0.717) is 19.4 Å². The van der Waals surface area contributed by atoms with Crippen LogP contribution in [0.5, 0.6) is 0 Å². The first-order chi connectivity index (χ1) is 8.59. The Morgan fingerprint density at radius 3 is 2.67 bits per heavy atom.